The van der Waals surface area contributed by atoms with Crippen molar-refractivity contribution in [2.75, 3.05) is 23.9 Å². The Hall–Kier alpha value is -1.64. The lowest BCUT2D eigenvalue weighted by molar-refractivity contribution is 1.10. The van der Waals surface area contributed by atoms with Crippen LogP contribution >= 0.6 is 23.2 Å². The fraction of sp³-hybridized carbons (Fsp3) is 0.125. The largest absolute Gasteiger partial charge is 0.333 e. The molecule has 104 valence electrons. The second kappa shape index (κ2) is 6.69. The molecule has 0 amide bonds. The van der Waals surface area contributed by atoms with E-state index in [2.05, 4.69) is 0 Å². The minimum atomic E-state index is 0.476. The summed E-state index contributed by atoms with van der Waals surface area (Å²) in [4.78, 5) is 3.70. The zero-order valence-corrected chi connectivity index (χ0v) is 12.9. The summed E-state index contributed by atoms with van der Waals surface area (Å²) in [6, 6.07) is 19.7. The van der Waals surface area contributed by atoms with Gasteiger partial charge in [0, 0.05) is 25.5 Å². The summed E-state index contributed by atoms with van der Waals surface area (Å²) in [7, 11) is 3.78. The van der Waals surface area contributed by atoms with Gasteiger partial charge in [-0.1, -0.05) is 59.6 Å². The van der Waals surface area contributed by atoms with Gasteiger partial charge in [0.15, 0.2) is 0 Å². The summed E-state index contributed by atoms with van der Waals surface area (Å²) < 4.78 is 0. The van der Waals surface area contributed by atoms with Crippen LogP contribution in [0.15, 0.2) is 71.0 Å². The lowest BCUT2D eigenvalue weighted by atomic mass is 10.3. The number of hydrogen-bond acceptors (Lipinski definition) is 2. The highest BCUT2D eigenvalue weighted by Gasteiger charge is 2.14. The maximum absolute atomic E-state index is 6.39. The topological polar surface area (TPSA) is 6.48 Å². The zero-order valence-electron chi connectivity index (χ0n) is 11.4. The molecule has 0 saturated heterocycles. The van der Waals surface area contributed by atoms with Gasteiger partial charge in [-0.2, -0.15) is 0 Å². The Morgan fingerprint density at radius 2 is 0.950 bits per heavy atom. The fourth-order valence-electron chi connectivity index (χ4n) is 1.81. The fourth-order valence-corrected chi connectivity index (χ4v) is 2.26. The predicted octanol–water partition coefficient (Wildman–Crippen LogP) is 4.86. The van der Waals surface area contributed by atoms with Crippen molar-refractivity contribution >= 4 is 34.6 Å². The van der Waals surface area contributed by atoms with Gasteiger partial charge < -0.3 is 9.80 Å². The second-order valence-electron chi connectivity index (χ2n) is 4.37. The number of nitrogens with zero attached hydrogens (tertiary/aromatic N) is 2. The maximum atomic E-state index is 6.39. The molecular formula is C16H16Cl2N2. The van der Waals surface area contributed by atoms with Crippen LogP contribution in [-0.4, -0.2) is 14.1 Å². The molecule has 0 spiro atoms. The Bertz CT molecular complexity index is 528. The number of hydrogen-bond donors (Lipinski definition) is 0. The quantitative estimate of drug-likeness (QED) is 0.744. The summed E-state index contributed by atoms with van der Waals surface area (Å²) in [5.41, 5.74) is 1.97. The van der Waals surface area contributed by atoms with E-state index in [9.17, 15) is 0 Å². The average molecular weight is 307 g/mol. The van der Waals surface area contributed by atoms with Gasteiger partial charge in [-0.25, -0.2) is 0 Å². The number of benzene rings is 2. The molecule has 0 bridgehead atoms. The molecule has 0 N–H and O–H groups in total. The summed E-state index contributed by atoms with van der Waals surface area (Å²) in [5.74, 6) is 0. The molecule has 2 aromatic carbocycles. The van der Waals surface area contributed by atoms with E-state index in [0.29, 0.717) is 10.3 Å². The Morgan fingerprint density at radius 1 is 0.650 bits per heavy atom. The van der Waals surface area contributed by atoms with Gasteiger partial charge in [-0.05, 0) is 24.3 Å². The van der Waals surface area contributed by atoms with Crippen molar-refractivity contribution in [3.63, 3.8) is 0 Å². The molecule has 0 radical (unpaired) electrons. The summed E-state index contributed by atoms with van der Waals surface area (Å²) in [6.45, 7) is 0. The SMILES string of the molecule is CN(/C(Cl)=C(\Cl)N(C)c1ccccc1)c1ccccc1. The van der Waals surface area contributed by atoms with Gasteiger partial charge in [0.2, 0.25) is 0 Å². The van der Waals surface area contributed by atoms with E-state index < -0.39 is 0 Å². The molecule has 20 heavy (non-hydrogen) atoms. The lowest BCUT2D eigenvalue weighted by Gasteiger charge is -2.24. The highest BCUT2D eigenvalue weighted by atomic mass is 35.5. The summed E-state index contributed by atoms with van der Waals surface area (Å²) in [5, 5.41) is 0.952. The molecule has 0 aliphatic heterocycles. The van der Waals surface area contributed by atoms with Crippen LogP contribution in [0.2, 0.25) is 0 Å². The third-order valence-corrected chi connectivity index (χ3v) is 4.01. The molecule has 0 aromatic heterocycles. The normalized spacial score (nSPS) is 11.8. The monoisotopic (exact) mass is 306 g/mol. The third-order valence-electron chi connectivity index (χ3n) is 3.05. The van der Waals surface area contributed by atoms with Crippen molar-refractivity contribution < 1.29 is 0 Å². The zero-order chi connectivity index (χ0) is 14.5. The van der Waals surface area contributed by atoms with Crippen molar-refractivity contribution in [1.29, 1.82) is 0 Å². The molecule has 0 heterocycles. The first-order valence-electron chi connectivity index (χ1n) is 6.24. The Balaban J connectivity index is 2.27. The summed E-state index contributed by atoms with van der Waals surface area (Å²) >= 11 is 12.8. The Labute approximate surface area is 129 Å². The van der Waals surface area contributed by atoms with Gasteiger partial charge in [0.1, 0.15) is 10.3 Å². The smallest absolute Gasteiger partial charge is 0.145 e. The van der Waals surface area contributed by atoms with Gasteiger partial charge in [0.05, 0.1) is 0 Å². The minimum Gasteiger partial charge on any atom is -0.333 e. The van der Waals surface area contributed by atoms with Crippen molar-refractivity contribution in [1.82, 2.24) is 0 Å². The predicted molar refractivity (Wildman–Crippen MR) is 88.4 cm³/mol. The van der Waals surface area contributed by atoms with Crippen LogP contribution in [0, 0.1) is 0 Å². The highest BCUT2D eigenvalue weighted by molar-refractivity contribution is 6.41. The molecule has 4 heteroatoms. The van der Waals surface area contributed by atoms with Crippen molar-refractivity contribution in [3.8, 4) is 0 Å². The Morgan fingerprint density at radius 3 is 1.25 bits per heavy atom. The molecule has 0 saturated carbocycles. The molecule has 2 rings (SSSR count). The van der Waals surface area contributed by atoms with E-state index in [1.807, 2.05) is 84.6 Å². The summed E-state index contributed by atoms with van der Waals surface area (Å²) in [6.07, 6.45) is 0. The molecule has 2 nitrogen and oxygen atoms in total. The first kappa shape index (κ1) is 14.8. The van der Waals surface area contributed by atoms with E-state index >= 15 is 0 Å². The van der Waals surface area contributed by atoms with Crippen LogP contribution in [-0.2, 0) is 0 Å². The van der Waals surface area contributed by atoms with Crippen LogP contribution in [0.3, 0.4) is 0 Å². The van der Waals surface area contributed by atoms with E-state index in [0.717, 1.165) is 11.4 Å². The van der Waals surface area contributed by atoms with Crippen LogP contribution in [0.25, 0.3) is 0 Å². The van der Waals surface area contributed by atoms with Crippen LogP contribution < -0.4 is 9.80 Å². The van der Waals surface area contributed by atoms with Crippen molar-refractivity contribution in [2.24, 2.45) is 0 Å². The Kier molecular flexibility index (Phi) is 4.94. The number of para-hydroxylation sites is 2. The van der Waals surface area contributed by atoms with E-state index in [1.54, 1.807) is 0 Å². The van der Waals surface area contributed by atoms with Crippen LogP contribution in [0.5, 0.6) is 0 Å². The van der Waals surface area contributed by atoms with Crippen LogP contribution in [0.1, 0.15) is 0 Å². The van der Waals surface area contributed by atoms with Gasteiger partial charge in [-0.15, -0.1) is 0 Å². The highest BCUT2D eigenvalue weighted by Crippen LogP contribution is 2.28. The van der Waals surface area contributed by atoms with Gasteiger partial charge in [0.25, 0.3) is 0 Å². The average Bonchev–Trinajstić information content (AvgIpc) is 2.53. The number of halogens is 2. The second-order valence-corrected chi connectivity index (χ2v) is 5.09. The molecule has 2 aromatic rings. The number of rotatable bonds is 4. The molecule has 0 fully saturated rings. The first-order chi connectivity index (χ1) is 9.61. The minimum absolute atomic E-state index is 0.476. The molecule has 0 unspecified atom stereocenters. The molecule has 0 atom stereocenters. The lowest BCUT2D eigenvalue weighted by Crippen LogP contribution is -2.21. The maximum Gasteiger partial charge on any atom is 0.145 e. The number of anilines is 2. The first-order valence-corrected chi connectivity index (χ1v) is 6.99. The molecule has 0 aliphatic rings. The van der Waals surface area contributed by atoms with Crippen LogP contribution in [0.4, 0.5) is 11.4 Å². The van der Waals surface area contributed by atoms with E-state index in [4.69, 9.17) is 23.2 Å². The molecule has 0 aliphatic carbocycles. The van der Waals surface area contributed by atoms with E-state index in [1.165, 1.54) is 0 Å². The third kappa shape index (κ3) is 3.27. The molecular weight excluding hydrogens is 291 g/mol. The standard InChI is InChI=1S/C16H16Cl2N2/c1-19(13-9-5-3-6-10-13)15(17)16(18)20(2)14-11-7-4-8-12-14/h3-12H,1-2H3/b16-15+. The van der Waals surface area contributed by atoms with Crippen molar-refractivity contribution in [2.45, 2.75) is 0 Å². The van der Waals surface area contributed by atoms with Crippen molar-refractivity contribution in [3.05, 3.63) is 71.0 Å². The van der Waals surface area contributed by atoms with Gasteiger partial charge >= 0.3 is 0 Å². The van der Waals surface area contributed by atoms with Gasteiger partial charge in [-0.3, -0.25) is 0 Å². The van der Waals surface area contributed by atoms with E-state index in [-0.39, 0.29) is 0 Å².